The van der Waals surface area contributed by atoms with Crippen molar-refractivity contribution in [2.24, 2.45) is 0 Å². The molecule has 4 aromatic rings. The molecule has 0 saturated carbocycles. The van der Waals surface area contributed by atoms with Crippen molar-refractivity contribution >= 4 is 51.5 Å². The van der Waals surface area contributed by atoms with Crippen LogP contribution in [0.15, 0.2) is 47.3 Å². The molecule has 1 N–H and O–H groups in total. The Morgan fingerprint density at radius 2 is 1.83 bits per heavy atom. The highest BCUT2D eigenvalue weighted by Gasteiger charge is 2.17. The summed E-state index contributed by atoms with van der Waals surface area (Å²) in [5, 5.41) is 11.7. The van der Waals surface area contributed by atoms with Gasteiger partial charge in [-0.05, 0) is 36.8 Å². The highest BCUT2D eigenvalue weighted by Crippen LogP contribution is 2.25. The van der Waals surface area contributed by atoms with Crippen molar-refractivity contribution < 1.29 is 4.79 Å². The van der Waals surface area contributed by atoms with Crippen LogP contribution in [-0.2, 0) is 17.8 Å². The zero-order chi connectivity index (χ0) is 20.5. The fraction of sp³-hybridized carbons (Fsp3) is 0.200. The van der Waals surface area contributed by atoms with E-state index >= 15 is 0 Å². The van der Waals surface area contributed by atoms with Crippen molar-refractivity contribution in [3.05, 3.63) is 68.7 Å². The fourth-order valence-corrected chi connectivity index (χ4v) is 3.58. The molecule has 0 fully saturated rings. The molecule has 1 amide bonds. The Kier molecular flexibility index (Phi) is 5.25. The number of hydrogen-bond acceptors (Lipinski definition) is 4. The summed E-state index contributed by atoms with van der Waals surface area (Å²) in [5.74, 6) is 0.358. The van der Waals surface area contributed by atoms with Crippen LogP contribution < -0.4 is 10.9 Å². The van der Waals surface area contributed by atoms with Gasteiger partial charge in [-0.2, -0.15) is 0 Å². The number of anilines is 1. The summed E-state index contributed by atoms with van der Waals surface area (Å²) < 4.78 is 3.18. The lowest BCUT2D eigenvalue weighted by atomic mass is 10.2. The van der Waals surface area contributed by atoms with Gasteiger partial charge in [0.1, 0.15) is 12.4 Å². The molecule has 0 radical (unpaired) electrons. The number of nitrogens with zero attached hydrogens (tertiary/aromatic N) is 4. The molecule has 4 rings (SSSR count). The van der Waals surface area contributed by atoms with Crippen molar-refractivity contribution in [2.45, 2.75) is 26.3 Å². The number of carbonyl (C=O) groups excluding carboxylic acids is 1. The van der Waals surface area contributed by atoms with Crippen LogP contribution in [0.3, 0.4) is 0 Å². The van der Waals surface area contributed by atoms with Crippen LogP contribution >= 0.6 is 23.2 Å². The summed E-state index contributed by atoms with van der Waals surface area (Å²) in [7, 11) is 0. The third-order valence-electron chi connectivity index (χ3n) is 4.56. The van der Waals surface area contributed by atoms with E-state index in [1.54, 1.807) is 28.7 Å². The lowest BCUT2D eigenvalue weighted by Crippen LogP contribution is -2.29. The number of hydrogen-bond donors (Lipinski definition) is 1. The van der Waals surface area contributed by atoms with Gasteiger partial charge >= 0.3 is 0 Å². The Balaban J connectivity index is 1.76. The van der Waals surface area contributed by atoms with Crippen LogP contribution in [-0.4, -0.2) is 25.1 Å². The zero-order valence-corrected chi connectivity index (χ0v) is 17.0. The number of fused-ring (bicyclic) bond motifs is 3. The molecule has 0 aliphatic heterocycles. The van der Waals surface area contributed by atoms with Crippen molar-refractivity contribution in [3.8, 4) is 0 Å². The zero-order valence-electron chi connectivity index (χ0n) is 15.5. The van der Waals surface area contributed by atoms with Crippen LogP contribution in [0.5, 0.6) is 0 Å². The van der Waals surface area contributed by atoms with E-state index in [0.717, 1.165) is 17.8 Å². The van der Waals surface area contributed by atoms with Crippen molar-refractivity contribution in [2.75, 3.05) is 5.32 Å². The van der Waals surface area contributed by atoms with Crippen LogP contribution in [0.4, 0.5) is 5.69 Å². The van der Waals surface area contributed by atoms with Crippen molar-refractivity contribution in [3.63, 3.8) is 0 Å². The third kappa shape index (κ3) is 3.59. The topological polar surface area (TPSA) is 81.3 Å². The molecule has 0 aliphatic carbocycles. The van der Waals surface area contributed by atoms with E-state index in [-0.39, 0.29) is 23.7 Å². The first kappa shape index (κ1) is 19.4. The minimum atomic E-state index is -0.372. The van der Waals surface area contributed by atoms with E-state index in [1.807, 2.05) is 25.1 Å². The first-order valence-corrected chi connectivity index (χ1v) is 9.85. The quantitative estimate of drug-likeness (QED) is 0.520. The molecule has 0 spiro atoms. The molecule has 7 nitrogen and oxygen atoms in total. The molecule has 0 aliphatic rings. The van der Waals surface area contributed by atoms with Gasteiger partial charge in [-0.3, -0.25) is 18.6 Å². The molecule has 2 heterocycles. The van der Waals surface area contributed by atoms with Gasteiger partial charge in [0.25, 0.3) is 5.56 Å². The number of rotatable bonds is 5. The van der Waals surface area contributed by atoms with Crippen LogP contribution in [0.1, 0.15) is 19.2 Å². The second-order valence-electron chi connectivity index (χ2n) is 6.58. The van der Waals surface area contributed by atoms with Crippen LogP contribution in [0.2, 0.25) is 10.0 Å². The molecule has 9 heteroatoms. The summed E-state index contributed by atoms with van der Waals surface area (Å²) in [6.07, 6.45) is 1.58. The van der Waals surface area contributed by atoms with E-state index in [2.05, 4.69) is 15.5 Å². The predicted octanol–water partition coefficient (Wildman–Crippen LogP) is 3.94. The number of para-hydroxylation sites is 2. The number of aromatic nitrogens is 4. The molecular formula is C20H17Cl2N5O2. The highest BCUT2D eigenvalue weighted by molar-refractivity contribution is 6.42. The van der Waals surface area contributed by atoms with E-state index in [4.69, 9.17) is 23.2 Å². The van der Waals surface area contributed by atoms with Crippen molar-refractivity contribution in [1.29, 1.82) is 0 Å². The number of amides is 1. The summed E-state index contributed by atoms with van der Waals surface area (Å²) in [5.41, 5.74) is 1.73. The number of nitrogens with one attached hydrogen (secondary N) is 1. The molecule has 148 valence electrons. The minimum absolute atomic E-state index is 0.175. The molecule has 2 aromatic heterocycles. The van der Waals surface area contributed by atoms with Gasteiger partial charge in [0.05, 0.1) is 21.1 Å². The summed E-state index contributed by atoms with van der Waals surface area (Å²) in [4.78, 5) is 25.7. The second-order valence-corrected chi connectivity index (χ2v) is 7.40. The van der Waals surface area contributed by atoms with Crippen LogP contribution in [0, 0.1) is 0 Å². The first-order chi connectivity index (χ1) is 14.0. The number of halogens is 2. The Hall–Kier alpha value is -2.90. The molecule has 29 heavy (non-hydrogen) atoms. The molecule has 0 unspecified atom stereocenters. The Morgan fingerprint density at radius 3 is 2.55 bits per heavy atom. The van der Waals surface area contributed by atoms with Gasteiger partial charge in [0.2, 0.25) is 11.6 Å². The van der Waals surface area contributed by atoms with E-state index in [9.17, 15) is 9.59 Å². The van der Waals surface area contributed by atoms with Gasteiger partial charge in [-0.25, -0.2) is 0 Å². The first-order valence-electron chi connectivity index (χ1n) is 9.10. The van der Waals surface area contributed by atoms with Crippen LogP contribution in [0.25, 0.3) is 16.7 Å². The summed E-state index contributed by atoms with van der Waals surface area (Å²) in [6.45, 7) is 1.86. The lowest BCUT2D eigenvalue weighted by Gasteiger charge is -2.13. The van der Waals surface area contributed by atoms with Gasteiger partial charge < -0.3 is 5.32 Å². The number of aryl methyl sites for hydroxylation is 1. The largest absolute Gasteiger partial charge is 0.324 e. The smallest absolute Gasteiger partial charge is 0.297 e. The number of benzene rings is 2. The molecule has 0 bridgehead atoms. The monoisotopic (exact) mass is 429 g/mol. The Labute approximate surface area is 175 Å². The fourth-order valence-electron chi connectivity index (χ4n) is 3.28. The molecule has 0 saturated heterocycles. The van der Waals surface area contributed by atoms with Gasteiger partial charge in [0, 0.05) is 12.1 Å². The maximum absolute atomic E-state index is 13.1. The molecular weight excluding hydrogens is 413 g/mol. The number of carbonyl (C=O) groups is 1. The normalized spacial score (nSPS) is 11.3. The predicted molar refractivity (Wildman–Crippen MR) is 114 cm³/mol. The standard InChI is InChI=1S/C20H17Cl2N5O2/c1-2-5-17-24-25-19-20(29)26(15-6-3-4-7-16(15)27(17)19)11-18(28)23-12-8-9-13(21)14(22)10-12/h3-4,6-10H,2,5,11H2,1H3,(H,23,28). The average Bonchev–Trinajstić information content (AvgIpc) is 3.12. The van der Waals surface area contributed by atoms with E-state index < -0.39 is 0 Å². The third-order valence-corrected chi connectivity index (χ3v) is 5.30. The van der Waals surface area contributed by atoms with E-state index in [1.165, 1.54) is 4.57 Å². The van der Waals surface area contributed by atoms with Crippen molar-refractivity contribution in [1.82, 2.24) is 19.2 Å². The lowest BCUT2D eigenvalue weighted by molar-refractivity contribution is -0.116. The maximum Gasteiger partial charge on any atom is 0.297 e. The second kappa shape index (κ2) is 7.85. The Morgan fingerprint density at radius 1 is 1.07 bits per heavy atom. The van der Waals surface area contributed by atoms with Gasteiger partial charge in [0.15, 0.2) is 0 Å². The highest BCUT2D eigenvalue weighted by atomic mass is 35.5. The van der Waals surface area contributed by atoms with E-state index in [0.29, 0.717) is 27.7 Å². The minimum Gasteiger partial charge on any atom is -0.324 e. The summed E-state index contributed by atoms with van der Waals surface area (Å²) in [6, 6.07) is 12.2. The SMILES string of the molecule is CCCc1nnc2c(=O)n(CC(=O)Nc3ccc(Cl)c(Cl)c3)c3ccccc3n12. The molecule has 0 atom stereocenters. The maximum atomic E-state index is 13.1. The molecule has 2 aromatic carbocycles. The average molecular weight is 430 g/mol. The summed E-state index contributed by atoms with van der Waals surface area (Å²) >= 11 is 11.9. The Bertz CT molecular complexity index is 1300. The van der Waals surface area contributed by atoms with Gasteiger partial charge in [-0.15, -0.1) is 10.2 Å². The van der Waals surface area contributed by atoms with Gasteiger partial charge in [-0.1, -0.05) is 42.3 Å².